The van der Waals surface area contributed by atoms with Crippen molar-refractivity contribution in [1.82, 2.24) is 9.97 Å². The van der Waals surface area contributed by atoms with Gasteiger partial charge in [0, 0.05) is 29.9 Å². The number of esters is 1. The van der Waals surface area contributed by atoms with Gasteiger partial charge in [0.1, 0.15) is 5.82 Å². The molecule has 2 heterocycles. The van der Waals surface area contributed by atoms with Gasteiger partial charge in [-0.2, -0.15) is 11.3 Å². The smallest absolute Gasteiger partial charge is 0.337 e. The van der Waals surface area contributed by atoms with Crippen molar-refractivity contribution >= 4 is 34.0 Å². The minimum absolute atomic E-state index is 0.331. The summed E-state index contributed by atoms with van der Waals surface area (Å²) in [4.78, 5) is 23.3. The second kappa shape index (κ2) is 7.78. The number of anilines is 1. The summed E-state index contributed by atoms with van der Waals surface area (Å²) >= 11 is 1.63. The molecule has 4 aromatic rings. The van der Waals surface area contributed by atoms with Gasteiger partial charge in [0.2, 0.25) is 0 Å². The molecule has 0 atom stereocenters. The van der Waals surface area contributed by atoms with E-state index in [1.54, 1.807) is 23.5 Å². The third kappa shape index (κ3) is 3.59. The molecule has 2 aromatic carbocycles. The highest BCUT2D eigenvalue weighted by Gasteiger charge is 2.14. The summed E-state index contributed by atoms with van der Waals surface area (Å²) in [6, 6.07) is 17.5. The Hall–Kier alpha value is -3.25. The van der Waals surface area contributed by atoms with Gasteiger partial charge in [-0.25, -0.2) is 14.8 Å². The summed E-state index contributed by atoms with van der Waals surface area (Å²) in [7, 11) is 3.40. The van der Waals surface area contributed by atoms with Crippen LogP contribution in [0.2, 0.25) is 0 Å². The average molecular weight is 389 g/mol. The monoisotopic (exact) mass is 389 g/mol. The van der Waals surface area contributed by atoms with Crippen molar-refractivity contribution in [2.75, 3.05) is 19.1 Å². The molecule has 0 fully saturated rings. The van der Waals surface area contributed by atoms with Crippen LogP contribution in [-0.4, -0.2) is 30.1 Å². The zero-order chi connectivity index (χ0) is 19.5. The first kappa shape index (κ1) is 18.1. The maximum atomic E-state index is 11.6. The number of carbonyl (C=O) groups is 1. The Bertz CT molecular complexity index is 1110. The highest BCUT2D eigenvalue weighted by atomic mass is 32.1. The van der Waals surface area contributed by atoms with Gasteiger partial charge in [-0.3, -0.25) is 0 Å². The normalized spacial score (nSPS) is 10.8. The summed E-state index contributed by atoms with van der Waals surface area (Å²) in [5, 5.41) is 5.09. The first-order valence-corrected chi connectivity index (χ1v) is 9.78. The van der Waals surface area contributed by atoms with Crippen molar-refractivity contribution in [3.05, 3.63) is 76.5 Å². The van der Waals surface area contributed by atoms with Gasteiger partial charge in [0.05, 0.1) is 18.2 Å². The van der Waals surface area contributed by atoms with Crippen LogP contribution in [-0.2, 0) is 11.3 Å². The molecule has 0 amide bonds. The first-order chi connectivity index (χ1) is 13.7. The average Bonchev–Trinajstić information content (AvgIpc) is 3.28. The van der Waals surface area contributed by atoms with E-state index in [0.29, 0.717) is 12.1 Å². The number of carbonyl (C=O) groups excluding carboxylic acids is 1. The van der Waals surface area contributed by atoms with E-state index < -0.39 is 0 Å². The van der Waals surface area contributed by atoms with Crippen LogP contribution in [0.5, 0.6) is 0 Å². The molecule has 140 valence electrons. The molecule has 0 aliphatic carbocycles. The van der Waals surface area contributed by atoms with Crippen molar-refractivity contribution in [3.63, 3.8) is 0 Å². The molecule has 4 rings (SSSR count). The Balaban J connectivity index is 1.68. The van der Waals surface area contributed by atoms with Crippen LogP contribution in [0, 0.1) is 0 Å². The molecule has 0 radical (unpaired) electrons. The van der Waals surface area contributed by atoms with Crippen molar-refractivity contribution in [2.45, 2.75) is 6.54 Å². The Kier molecular flexibility index (Phi) is 5.04. The van der Waals surface area contributed by atoms with Crippen LogP contribution >= 0.6 is 11.3 Å². The molecular formula is C22H19N3O2S. The molecule has 5 nitrogen and oxygen atoms in total. The number of fused-ring (bicyclic) bond motifs is 1. The van der Waals surface area contributed by atoms with E-state index in [-0.39, 0.29) is 5.97 Å². The molecule has 0 saturated heterocycles. The minimum Gasteiger partial charge on any atom is -0.465 e. The van der Waals surface area contributed by atoms with Crippen LogP contribution in [0.15, 0.2) is 65.4 Å². The minimum atomic E-state index is -0.331. The van der Waals surface area contributed by atoms with Gasteiger partial charge in [-0.15, -0.1) is 0 Å². The molecule has 0 bridgehead atoms. The standard InChI is InChI=1S/C22H19N3O2S/c1-25(13-15-7-9-16(10-8-15)22(26)27-2)21-18-5-3-4-6-19(18)23-20(24-21)17-11-12-28-14-17/h3-12,14H,13H2,1-2H3. The van der Waals surface area contributed by atoms with E-state index in [2.05, 4.69) is 10.3 Å². The van der Waals surface area contributed by atoms with Gasteiger partial charge >= 0.3 is 5.97 Å². The lowest BCUT2D eigenvalue weighted by molar-refractivity contribution is 0.0600. The molecule has 0 spiro atoms. The summed E-state index contributed by atoms with van der Waals surface area (Å²) in [6.07, 6.45) is 0. The van der Waals surface area contributed by atoms with E-state index in [9.17, 15) is 4.79 Å². The van der Waals surface area contributed by atoms with Crippen LogP contribution in [0.1, 0.15) is 15.9 Å². The molecule has 28 heavy (non-hydrogen) atoms. The lowest BCUT2D eigenvalue weighted by atomic mass is 10.1. The molecule has 0 unspecified atom stereocenters. The van der Waals surface area contributed by atoms with E-state index in [1.807, 2.05) is 54.9 Å². The van der Waals surface area contributed by atoms with Crippen LogP contribution < -0.4 is 4.90 Å². The van der Waals surface area contributed by atoms with Crippen LogP contribution in [0.3, 0.4) is 0 Å². The SMILES string of the molecule is COC(=O)c1ccc(CN(C)c2nc(-c3ccsc3)nc3ccccc23)cc1. The van der Waals surface area contributed by atoms with Gasteiger partial charge in [0.15, 0.2) is 5.82 Å². The highest BCUT2D eigenvalue weighted by Crippen LogP contribution is 2.28. The van der Waals surface area contributed by atoms with Crippen molar-refractivity contribution in [2.24, 2.45) is 0 Å². The highest BCUT2D eigenvalue weighted by molar-refractivity contribution is 7.08. The number of ether oxygens (including phenoxy) is 1. The number of rotatable bonds is 5. The molecular weight excluding hydrogens is 370 g/mol. The Morgan fingerprint density at radius 3 is 2.57 bits per heavy atom. The zero-order valence-electron chi connectivity index (χ0n) is 15.6. The van der Waals surface area contributed by atoms with Crippen molar-refractivity contribution in [3.8, 4) is 11.4 Å². The second-order valence-corrected chi connectivity index (χ2v) is 7.22. The van der Waals surface area contributed by atoms with Crippen LogP contribution in [0.25, 0.3) is 22.3 Å². The molecule has 0 N–H and O–H groups in total. The van der Waals surface area contributed by atoms with E-state index in [0.717, 1.165) is 33.7 Å². The van der Waals surface area contributed by atoms with Crippen LogP contribution in [0.4, 0.5) is 5.82 Å². The Labute approximate surface area is 167 Å². The molecule has 0 aliphatic heterocycles. The number of hydrogen-bond donors (Lipinski definition) is 0. The maximum absolute atomic E-state index is 11.6. The first-order valence-electron chi connectivity index (χ1n) is 8.83. The predicted octanol–water partition coefficient (Wildman–Crippen LogP) is 4.78. The summed E-state index contributed by atoms with van der Waals surface area (Å²) in [6.45, 7) is 0.658. The lowest BCUT2D eigenvalue weighted by Crippen LogP contribution is -2.18. The van der Waals surface area contributed by atoms with Gasteiger partial charge in [0.25, 0.3) is 0 Å². The van der Waals surface area contributed by atoms with Gasteiger partial charge < -0.3 is 9.64 Å². The van der Waals surface area contributed by atoms with E-state index in [4.69, 9.17) is 14.7 Å². The number of aromatic nitrogens is 2. The molecule has 0 saturated carbocycles. The molecule has 2 aromatic heterocycles. The Morgan fingerprint density at radius 1 is 1.07 bits per heavy atom. The fraction of sp³-hybridized carbons (Fsp3) is 0.136. The zero-order valence-corrected chi connectivity index (χ0v) is 16.4. The molecule has 6 heteroatoms. The topological polar surface area (TPSA) is 55.3 Å². The van der Waals surface area contributed by atoms with E-state index in [1.165, 1.54) is 7.11 Å². The van der Waals surface area contributed by atoms with Crippen molar-refractivity contribution in [1.29, 1.82) is 0 Å². The lowest BCUT2D eigenvalue weighted by Gasteiger charge is -2.21. The summed E-state index contributed by atoms with van der Waals surface area (Å²) in [5.41, 5.74) is 3.56. The molecule has 0 aliphatic rings. The Morgan fingerprint density at radius 2 is 1.86 bits per heavy atom. The number of para-hydroxylation sites is 1. The predicted molar refractivity (Wildman–Crippen MR) is 113 cm³/mol. The number of nitrogens with zero attached hydrogens (tertiary/aromatic N) is 3. The maximum Gasteiger partial charge on any atom is 0.337 e. The number of hydrogen-bond acceptors (Lipinski definition) is 6. The third-order valence-electron chi connectivity index (χ3n) is 4.52. The number of benzene rings is 2. The largest absolute Gasteiger partial charge is 0.465 e. The summed E-state index contributed by atoms with van der Waals surface area (Å²) in [5.74, 6) is 1.27. The quantitative estimate of drug-likeness (QED) is 0.460. The van der Waals surface area contributed by atoms with Crippen molar-refractivity contribution < 1.29 is 9.53 Å². The summed E-state index contributed by atoms with van der Waals surface area (Å²) < 4.78 is 4.76. The fourth-order valence-corrected chi connectivity index (χ4v) is 3.72. The second-order valence-electron chi connectivity index (χ2n) is 6.44. The number of thiophene rings is 1. The van der Waals surface area contributed by atoms with E-state index >= 15 is 0 Å². The van der Waals surface area contributed by atoms with Gasteiger partial charge in [-0.1, -0.05) is 24.3 Å². The third-order valence-corrected chi connectivity index (χ3v) is 5.20. The number of methoxy groups -OCH3 is 1. The fourth-order valence-electron chi connectivity index (χ4n) is 3.08. The van der Waals surface area contributed by atoms with Gasteiger partial charge in [-0.05, 0) is 41.3 Å².